The fourth-order valence-corrected chi connectivity index (χ4v) is 2.21. The second kappa shape index (κ2) is 15.4. The predicted octanol–water partition coefficient (Wildman–Crippen LogP) is 4.53. The van der Waals surface area contributed by atoms with Crippen molar-refractivity contribution in [1.29, 1.82) is 0 Å². The number of carboxylic acid groups (broad SMARTS) is 1. The molecule has 0 spiro atoms. The highest BCUT2D eigenvalue weighted by Gasteiger charge is 2.00. The summed E-state index contributed by atoms with van der Waals surface area (Å²) in [4.78, 5) is 10.3. The maximum absolute atomic E-state index is 10.3. The molecular formula is C18H32O3. The monoisotopic (exact) mass is 296 g/mol. The first-order valence-corrected chi connectivity index (χ1v) is 8.52. The van der Waals surface area contributed by atoms with Crippen LogP contribution in [0.25, 0.3) is 0 Å². The van der Waals surface area contributed by atoms with Crippen LogP contribution in [0.1, 0.15) is 90.4 Å². The van der Waals surface area contributed by atoms with Crippen LogP contribution in [0.5, 0.6) is 0 Å². The maximum atomic E-state index is 10.3. The highest BCUT2D eigenvalue weighted by molar-refractivity contribution is 5.66. The van der Waals surface area contributed by atoms with Crippen molar-refractivity contribution in [2.45, 2.75) is 96.5 Å². The maximum Gasteiger partial charge on any atom is 0.303 e. The largest absolute Gasteiger partial charge is 0.481 e. The number of aliphatic hydroxyl groups is 1. The number of carboxylic acids is 1. The van der Waals surface area contributed by atoms with Gasteiger partial charge in [-0.25, -0.2) is 0 Å². The van der Waals surface area contributed by atoms with Gasteiger partial charge in [-0.15, -0.1) is 11.8 Å². The molecule has 0 rings (SSSR count). The van der Waals surface area contributed by atoms with Gasteiger partial charge in [0.15, 0.2) is 0 Å². The van der Waals surface area contributed by atoms with Crippen molar-refractivity contribution in [3.05, 3.63) is 0 Å². The lowest BCUT2D eigenvalue weighted by Crippen LogP contribution is -2.04. The summed E-state index contributed by atoms with van der Waals surface area (Å²) in [7, 11) is 0. The number of hydrogen-bond acceptors (Lipinski definition) is 2. The molecule has 3 nitrogen and oxygen atoms in total. The van der Waals surface area contributed by atoms with E-state index >= 15 is 0 Å². The van der Waals surface area contributed by atoms with Crippen LogP contribution in [0.15, 0.2) is 0 Å². The van der Waals surface area contributed by atoms with Gasteiger partial charge in [0.05, 0.1) is 6.10 Å². The molecule has 0 saturated heterocycles. The summed E-state index contributed by atoms with van der Waals surface area (Å²) in [6, 6.07) is 0. The topological polar surface area (TPSA) is 57.5 Å². The Kier molecular flexibility index (Phi) is 14.6. The molecule has 0 aliphatic rings. The predicted molar refractivity (Wildman–Crippen MR) is 87.1 cm³/mol. The lowest BCUT2D eigenvalue weighted by molar-refractivity contribution is -0.137. The van der Waals surface area contributed by atoms with E-state index in [1.165, 1.54) is 19.3 Å². The average molecular weight is 296 g/mol. The fraction of sp³-hybridized carbons (Fsp3) is 0.833. The average Bonchev–Trinajstić information content (AvgIpc) is 2.45. The minimum absolute atomic E-state index is 0.259. The van der Waals surface area contributed by atoms with Gasteiger partial charge in [0.25, 0.3) is 0 Å². The standard InChI is InChI=1S/C18H32O3/c1-2-3-4-11-14-17(19)15-12-9-7-5-6-8-10-13-16-18(20)21/h17,19H,2-8,10-11,13-16H2,1H3,(H,20,21)/t17-/m1/s1. The van der Waals surface area contributed by atoms with E-state index in [-0.39, 0.29) is 12.5 Å². The summed E-state index contributed by atoms with van der Waals surface area (Å²) < 4.78 is 0. The molecule has 0 aromatic rings. The van der Waals surface area contributed by atoms with Crippen LogP contribution < -0.4 is 0 Å². The van der Waals surface area contributed by atoms with Crippen molar-refractivity contribution in [3.63, 3.8) is 0 Å². The van der Waals surface area contributed by atoms with E-state index in [9.17, 15) is 9.90 Å². The lowest BCUT2D eigenvalue weighted by Gasteiger charge is -2.05. The number of aliphatic carboxylic acids is 1. The van der Waals surface area contributed by atoms with Crippen molar-refractivity contribution in [2.24, 2.45) is 0 Å². The fourth-order valence-electron chi connectivity index (χ4n) is 2.21. The first-order valence-electron chi connectivity index (χ1n) is 8.52. The van der Waals surface area contributed by atoms with Gasteiger partial charge in [0.1, 0.15) is 0 Å². The molecule has 2 N–H and O–H groups in total. The van der Waals surface area contributed by atoms with Crippen LogP contribution in [0.4, 0.5) is 0 Å². The van der Waals surface area contributed by atoms with Crippen LogP contribution in [0.3, 0.4) is 0 Å². The van der Waals surface area contributed by atoms with Crippen LogP contribution >= 0.6 is 0 Å². The van der Waals surface area contributed by atoms with Crippen LogP contribution in [-0.2, 0) is 4.79 Å². The molecule has 0 unspecified atom stereocenters. The molecule has 0 saturated carbocycles. The van der Waals surface area contributed by atoms with Gasteiger partial charge in [-0.3, -0.25) is 4.79 Å². The van der Waals surface area contributed by atoms with E-state index in [2.05, 4.69) is 18.8 Å². The first-order chi connectivity index (χ1) is 10.2. The molecule has 0 aromatic carbocycles. The third-order valence-electron chi connectivity index (χ3n) is 3.55. The van der Waals surface area contributed by atoms with E-state index < -0.39 is 5.97 Å². The molecule has 0 aromatic heterocycles. The normalized spacial score (nSPS) is 11.7. The summed E-state index contributed by atoms with van der Waals surface area (Å²) in [5.74, 6) is 5.49. The molecule has 3 heteroatoms. The Bertz CT molecular complexity index is 301. The van der Waals surface area contributed by atoms with Crippen molar-refractivity contribution in [2.75, 3.05) is 0 Å². The Morgan fingerprint density at radius 2 is 1.62 bits per heavy atom. The second-order valence-corrected chi connectivity index (χ2v) is 5.72. The van der Waals surface area contributed by atoms with Gasteiger partial charge in [-0.1, -0.05) is 51.9 Å². The quantitative estimate of drug-likeness (QED) is 0.388. The highest BCUT2D eigenvalue weighted by atomic mass is 16.4. The minimum Gasteiger partial charge on any atom is -0.481 e. The Hall–Kier alpha value is -1.01. The molecule has 0 radical (unpaired) electrons. The molecule has 0 aliphatic carbocycles. The van der Waals surface area contributed by atoms with Gasteiger partial charge in [0.2, 0.25) is 0 Å². The van der Waals surface area contributed by atoms with Crippen LogP contribution in [-0.4, -0.2) is 22.3 Å². The highest BCUT2D eigenvalue weighted by Crippen LogP contribution is 2.08. The molecule has 0 fully saturated rings. The molecule has 21 heavy (non-hydrogen) atoms. The summed E-state index contributed by atoms with van der Waals surface area (Å²) >= 11 is 0. The van der Waals surface area contributed by atoms with E-state index in [0.717, 1.165) is 51.4 Å². The van der Waals surface area contributed by atoms with Gasteiger partial charge < -0.3 is 10.2 Å². The van der Waals surface area contributed by atoms with E-state index in [1.807, 2.05) is 0 Å². The molecule has 0 bridgehead atoms. The molecule has 1 atom stereocenters. The smallest absolute Gasteiger partial charge is 0.303 e. The van der Waals surface area contributed by atoms with Crippen molar-refractivity contribution >= 4 is 5.97 Å². The third kappa shape index (κ3) is 16.9. The molecule has 0 heterocycles. The van der Waals surface area contributed by atoms with E-state index in [0.29, 0.717) is 6.42 Å². The SMILES string of the molecule is CCCCCC[C@@H](O)CC#CCCCCCCCC(=O)O. The lowest BCUT2D eigenvalue weighted by atomic mass is 10.1. The number of aliphatic hydroxyl groups excluding tert-OH is 1. The second-order valence-electron chi connectivity index (χ2n) is 5.72. The number of carbonyl (C=O) groups is 1. The van der Waals surface area contributed by atoms with E-state index in [4.69, 9.17) is 5.11 Å². The van der Waals surface area contributed by atoms with Gasteiger partial charge in [-0.2, -0.15) is 0 Å². The summed E-state index contributed by atoms with van der Waals surface area (Å²) in [6.07, 6.45) is 12.3. The van der Waals surface area contributed by atoms with Crippen molar-refractivity contribution in [3.8, 4) is 11.8 Å². The molecule has 0 amide bonds. The Morgan fingerprint density at radius 3 is 2.33 bits per heavy atom. The Labute approximate surface area is 130 Å². The van der Waals surface area contributed by atoms with Crippen molar-refractivity contribution in [1.82, 2.24) is 0 Å². The zero-order valence-corrected chi connectivity index (χ0v) is 13.6. The van der Waals surface area contributed by atoms with Crippen LogP contribution in [0, 0.1) is 11.8 Å². The third-order valence-corrected chi connectivity index (χ3v) is 3.55. The summed E-state index contributed by atoms with van der Waals surface area (Å²) in [5, 5.41) is 18.2. The minimum atomic E-state index is -0.700. The summed E-state index contributed by atoms with van der Waals surface area (Å²) in [6.45, 7) is 2.19. The number of rotatable bonds is 13. The molecule has 122 valence electrons. The van der Waals surface area contributed by atoms with Gasteiger partial charge >= 0.3 is 5.97 Å². The summed E-state index contributed by atoms with van der Waals surface area (Å²) in [5.41, 5.74) is 0. The number of hydrogen-bond donors (Lipinski definition) is 2. The Balaban J connectivity index is 3.31. The van der Waals surface area contributed by atoms with Gasteiger partial charge in [0, 0.05) is 19.3 Å². The first kappa shape index (κ1) is 20.0. The zero-order valence-electron chi connectivity index (χ0n) is 13.6. The zero-order chi connectivity index (χ0) is 15.8. The van der Waals surface area contributed by atoms with Crippen molar-refractivity contribution < 1.29 is 15.0 Å². The number of unbranched alkanes of at least 4 members (excludes halogenated alkanes) is 8. The van der Waals surface area contributed by atoms with Gasteiger partial charge in [-0.05, 0) is 19.3 Å². The molecule has 0 aliphatic heterocycles. The van der Waals surface area contributed by atoms with E-state index in [1.54, 1.807) is 0 Å². The molecular weight excluding hydrogens is 264 g/mol. The Morgan fingerprint density at radius 1 is 0.952 bits per heavy atom. The van der Waals surface area contributed by atoms with Crippen LogP contribution in [0.2, 0.25) is 0 Å².